The lowest BCUT2D eigenvalue weighted by Crippen LogP contribution is -2.39. The molecule has 0 radical (unpaired) electrons. The molecule has 7 nitrogen and oxygen atoms in total. The number of carbonyl (C=O) groups is 1. The van der Waals surface area contributed by atoms with Crippen molar-refractivity contribution in [1.82, 2.24) is 4.57 Å². The van der Waals surface area contributed by atoms with E-state index in [1.165, 1.54) is 16.9 Å². The van der Waals surface area contributed by atoms with E-state index in [-0.39, 0.29) is 12.2 Å². The summed E-state index contributed by atoms with van der Waals surface area (Å²) in [5.41, 5.74) is 4.42. The second-order valence-electron chi connectivity index (χ2n) is 10.4. The van der Waals surface area contributed by atoms with Gasteiger partial charge in [-0.15, -0.1) is 0 Å². The molecule has 0 saturated heterocycles. The van der Waals surface area contributed by atoms with Gasteiger partial charge in [-0.2, -0.15) is 0 Å². The largest absolute Gasteiger partial charge is 0.493 e. The van der Waals surface area contributed by atoms with E-state index >= 15 is 0 Å². The number of hydrogen-bond acceptors (Lipinski definition) is 7. The fourth-order valence-electron chi connectivity index (χ4n) is 4.98. The zero-order valence-corrected chi connectivity index (χ0v) is 27.1. The van der Waals surface area contributed by atoms with Gasteiger partial charge in [-0.3, -0.25) is 9.36 Å². The van der Waals surface area contributed by atoms with Crippen molar-refractivity contribution in [3.63, 3.8) is 0 Å². The molecule has 4 aromatic rings. The van der Waals surface area contributed by atoms with Crippen LogP contribution in [0.15, 0.2) is 92.3 Å². The van der Waals surface area contributed by atoms with Gasteiger partial charge in [0.2, 0.25) is 0 Å². The Hall–Kier alpha value is -3.95. The van der Waals surface area contributed by atoms with E-state index in [2.05, 4.69) is 34.8 Å². The number of benzene rings is 3. The maximum atomic E-state index is 14.0. The molecule has 0 aliphatic carbocycles. The number of rotatable bonds is 9. The average Bonchev–Trinajstić information content (AvgIpc) is 3.30. The van der Waals surface area contributed by atoms with Gasteiger partial charge >= 0.3 is 5.97 Å². The van der Waals surface area contributed by atoms with Gasteiger partial charge in [-0.05, 0) is 60.2 Å². The van der Waals surface area contributed by atoms with Gasteiger partial charge in [-0.25, -0.2) is 9.79 Å². The van der Waals surface area contributed by atoms with Crippen LogP contribution in [0.3, 0.4) is 0 Å². The number of esters is 1. The number of fused-ring (bicyclic) bond motifs is 1. The molecular formula is C34H33BrN2O5S. The summed E-state index contributed by atoms with van der Waals surface area (Å²) in [5, 5.41) is 0. The SMILES string of the molecule is CCOC(=O)C1=C(C)N=c2s/c(=C/c3cc(OC)c(OCc4ccccc4)cc3Br)c(=O)n2[C@@H]1c1ccc(C(C)C)cc1. The Labute approximate surface area is 262 Å². The fourth-order valence-corrected chi connectivity index (χ4v) is 6.45. The summed E-state index contributed by atoms with van der Waals surface area (Å²) in [6.45, 7) is 8.42. The molecule has 222 valence electrons. The normalized spacial score (nSPS) is 14.9. The van der Waals surface area contributed by atoms with Crippen LogP contribution in [0.1, 0.15) is 61.9 Å². The number of carbonyl (C=O) groups excluding carboxylic acids is 1. The van der Waals surface area contributed by atoms with Gasteiger partial charge < -0.3 is 14.2 Å². The molecule has 0 saturated carbocycles. The third-order valence-corrected chi connectivity index (χ3v) is 8.91. The number of methoxy groups -OCH3 is 1. The molecule has 0 bridgehead atoms. The second kappa shape index (κ2) is 13.1. The fraction of sp³-hybridized carbons (Fsp3) is 0.265. The van der Waals surface area contributed by atoms with Gasteiger partial charge in [0.1, 0.15) is 6.61 Å². The van der Waals surface area contributed by atoms with Gasteiger partial charge in [0, 0.05) is 4.47 Å². The first-order chi connectivity index (χ1) is 20.7. The van der Waals surface area contributed by atoms with Crippen LogP contribution in [0.2, 0.25) is 0 Å². The van der Waals surface area contributed by atoms with Crippen molar-refractivity contribution >= 4 is 39.3 Å². The average molecular weight is 662 g/mol. The van der Waals surface area contributed by atoms with Gasteiger partial charge in [-0.1, -0.05) is 95.7 Å². The summed E-state index contributed by atoms with van der Waals surface area (Å²) in [4.78, 5) is 32.4. The molecule has 0 spiro atoms. The number of allylic oxidation sites excluding steroid dienone is 1. The standard InChI is InChI=1S/C34H33BrN2O5S/c1-6-41-33(39)30-21(4)36-34-37(31(30)24-14-12-23(13-15-24)20(2)3)32(38)29(43-34)17-25-16-27(40-5)28(18-26(25)35)42-19-22-10-8-7-9-11-22/h7-18,20,31H,6,19H2,1-5H3/b29-17+/t31-/m1/s1. The second-order valence-corrected chi connectivity index (χ2v) is 12.3. The van der Waals surface area contributed by atoms with Crippen LogP contribution >= 0.6 is 27.3 Å². The van der Waals surface area contributed by atoms with E-state index in [0.717, 1.165) is 21.2 Å². The van der Waals surface area contributed by atoms with Crippen LogP contribution in [0.4, 0.5) is 0 Å². The summed E-state index contributed by atoms with van der Waals surface area (Å²) in [5.74, 6) is 0.996. The van der Waals surface area contributed by atoms with Crippen molar-refractivity contribution in [3.8, 4) is 11.5 Å². The minimum absolute atomic E-state index is 0.222. The molecule has 0 fully saturated rings. The molecule has 1 aromatic heterocycles. The lowest BCUT2D eigenvalue weighted by molar-refractivity contribution is -0.139. The van der Waals surface area contributed by atoms with E-state index in [1.54, 1.807) is 31.6 Å². The Balaban J connectivity index is 1.59. The maximum absolute atomic E-state index is 14.0. The first kappa shape index (κ1) is 30.5. The Morgan fingerprint density at radius 2 is 1.81 bits per heavy atom. The first-order valence-corrected chi connectivity index (χ1v) is 15.7. The van der Waals surface area contributed by atoms with Crippen LogP contribution < -0.4 is 24.4 Å². The summed E-state index contributed by atoms with van der Waals surface area (Å²) in [6, 6.07) is 20.9. The Morgan fingerprint density at radius 3 is 2.47 bits per heavy atom. The molecule has 0 unspecified atom stereocenters. The molecule has 3 aromatic carbocycles. The van der Waals surface area contributed by atoms with Crippen LogP contribution in [0.25, 0.3) is 6.08 Å². The molecule has 0 amide bonds. The van der Waals surface area contributed by atoms with Crippen LogP contribution in [-0.2, 0) is 16.1 Å². The predicted molar refractivity (Wildman–Crippen MR) is 172 cm³/mol. The lowest BCUT2D eigenvalue weighted by atomic mass is 9.93. The molecule has 1 aliphatic heterocycles. The van der Waals surface area contributed by atoms with E-state index in [0.29, 0.717) is 44.6 Å². The van der Waals surface area contributed by atoms with Crippen molar-refractivity contribution in [2.75, 3.05) is 13.7 Å². The zero-order valence-electron chi connectivity index (χ0n) is 24.7. The van der Waals surface area contributed by atoms with Gasteiger partial charge in [0.25, 0.3) is 5.56 Å². The van der Waals surface area contributed by atoms with Crippen molar-refractivity contribution in [2.24, 2.45) is 4.99 Å². The molecular weight excluding hydrogens is 628 g/mol. The van der Waals surface area contributed by atoms with E-state index in [4.69, 9.17) is 14.2 Å². The minimum atomic E-state index is -0.662. The number of nitrogens with zero attached hydrogens (tertiary/aromatic N) is 2. The lowest BCUT2D eigenvalue weighted by Gasteiger charge is -2.25. The molecule has 9 heteroatoms. The smallest absolute Gasteiger partial charge is 0.338 e. The third kappa shape index (κ3) is 6.38. The highest BCUT2D eigenvalue weighted by Gasteiger charge is 2.33. The highest BCUT2D eigenvalue weighted by atomic mass is 79.9. The van der Waals surface area contributed by atoms with E-state index in [9.17, 15) is 9.59 Å². The van der Waals surface area contributed by atoms with E-state index < -0.39 is 12.0 Å². The summed E-state index contributed by atoms with van der Waals surface area (Å²) >= 11 is 4.93. The zero-order chi connectivity index (χ0) is 30.7. The van der Waals surface area contributed by atoms with Crippen molar-refractivity contribution in [2.45, 2.75) is 46.3 Å². The van der Waals surface area contributed by atoms with Gasteiger partial charge in [0.05, 0.1) is 35.6 Å². The Morgan fingerprint density at radius 1 is 1.09 bits per heavy atom. The monoisotopic (exact) mass is 660 g/mol. The van der Waals surface area contributed by atoms with Crippen molar-refractivity contribution < 1.29 is 19.0 Å². The third-order valence-electron chi connectivity index (χ3n) is 7.24. The summed E-state index contributed by atoms with van der Waals surface area (Å²) < 4.78 is 19.9. The maximum Gasteiger partial charge on any atom is 0.338 e. The number of halogens is 1. The summed E-state index contributed by atoms with van der Waals surface area (Å²) in [6.07, 6.45) is 1.81. The van der Waals surface area contributed by atoms with Crippen LogP contribution in [0.5, 0.6) is 11.5 Å². The van der Waals surface area contributed by atoms with Crippen molar-refractivity contribution in [1.29, 1.82) is 0 Å². The minimum Gasteiger partial charge on any atom is -0.493 e. The molecule has 1 atom stereocenters. The number of aromatic nitrogens is 1. The number of hydrogen-bond donors (Lipinski definition) is 0. The predicted octanol–water partition coefficient (Wildman–Crippen LogP) is 6.27. The van der Waals surface area contributed by atoms with Gasteiger partial charge in [0.15, 0.2) is 16.3 Å². The highest BCUT2D eigenvalue weighted by molar-refractivity contribution is 9.10. The number of ether oxygens (including phenoxy) is 3. The van der Waals surface area contributed by atoms with E-state index in [1.807, 2.05) is 66.7 Å². The highest BCUT2D eigenvalue weighted by Crippen LogP contribution is 2.35. The van der Waals surface area contributed by atoms with Crippen LogP contribution in [-0.4, -0.2) is 24.3 Å². The van der Waals surface area contributed by atoms with Crippen LogP contribution in [0, 0.1) is 0 Å². The topological polar surface area (TPSA) is 79.1 Å². The quantitative estimate of drug-likeness (QED) is 0.198. The molecule has 2 heterocycles. The number of thiazole rings is 1. The molecule has 1 aliphatic rings. The molecule has 43 heavy (non-hydrogen) atoms. The first-order valence-electron chi connectivity index (χ1n) is 14.1. The van der Waals surface area contributed by atoms with Crippen molar-refractivity contribution in [3.05, 3.63) is 124 Å². The molecule has 5 rings (SSSR count). The Kier molecular flexibility index (Phi) is 9.32. The summed E-state index contributed by atoms with van der Waals surface area (Å²) in [7, 11) is 1.58. The Bertz CT molecular complexity index is 1860. The molecule has 0 N–H and O–H groups in total.